The molecule has 0 atom stereocenters. The third-order valence-electron chi connectivity index (χ3n) is 6.94. The third kappa shape index (κ3) is 4.51. The second-order valence-electron chi connectivity index (χ2n) is 9.11. The van der Waals surface area contributed by atoms with Gasteiger partial charge < -0.3 is 15.5 Å². The molecular weight excluding hydrogens is 380 g/mol. The van der Waals surface area contributed by atoms with Gasteiger partial charge in [-0.3, -0.25) is 14.5 Å². The summed E-state index contributed by atoms with van der Waals surface area (Å²) in [6.07, 6.45) is 6.88. The van der Waals surface area contributed by atoms with E-state index in [1.54, 1.807) is 0 Å². The molecule has 1 aromatic rings. The van der Waals surface area contributed by atoms with Crippen LogP contribution in [0.4, 0.5) is 4.79 Å². The highest BCUT2D eigenvalue weighted by atomic mass is 16.2. The highest BCUT2D eigenvalue weighted by molar-refractivity contribution is 6.04. The summed E-state index contributed by atoms with van der Waals surface area (Å²) < 4.78 is 0. The van der Waals surface area contributed by atoms with E-state index in [2.05, 4.69) is 46.7 Å². The van der Waals surface area contributed by atoms with Gasteiger partial charge in [-0.15, -0.1) is 0 Å². The maximum atomic E-state index is 12.3. The maximum absolute atomic E-state index is 12.3. The lowest BCUT2D eigenvalue weighted by atomic mass is 9.77. The van der Waals surface area contributed by atoms with Crippen molar-refractivity contribution in [2.75, 3.05) is 32.7 Å². The van der Waals surface area contributed by atoms with Crippen LogP contribution in [0.15, 0.2) is 24.3 Å². The predicted octanol–water partition coefficient (Wildman–Crippen LogP) is 1.94. The van der Waals surface area contributed by atoms with Crippen molar-refractivity contribution < 1.29 is 14.4 Å². The minimum atomic E-state index is -0.483. The van der Waals surface area contributed by atoms with Gasteiger partial charge in [-0.2, -0.15) is 0 Å². The fourth-order valence-electron chi connectivity index (χ4n) is 5.19. The molecule has 3 aliphatic rings. The van der Waals surface area contributed by atoms with Gasteiger partial charge in [0, 0.05) is 31.1 Å². The second kappa shape index (κ2) is 8.76. The van der Waals surface area contributed by atoms with E-state index in [0.717, 1.165) is 37.4 Å². The number of amides is 4. The van der Waals surface area contributed by atoms with Crippen molar-refractivity contribution in [2.24, 2.45) is 0 Å². The summed E-state index contributed by atoms with van der Waals surface area (Å²) in [6.45, 7) is 4.92. The van der Waals surface area contributed by atoms with Gasteiger partial charge in [-0.25, -0.2) is 4.79 Å². The lowest BCUT2D eigenvalue weighted by Gasteiger charge is -2.39. The van der Waals surface area contributed by atoms with Crippen LogP contribution in [0.1, 0.15) is 49.7 Å². The fourth-order valence-corrected chi connectivity index (χ4v) is 5.19. The summed E-state index contributed by atoms with van der Waals surface area (Å²) in [4.78, 5) is 39.0. The zero-order valence-corrected chi connectivity index (χ0v) is 17.8. The van der Waals surface area contributed by atoms with E-state index in [9.17, 15) is 14.4 Å². The Bertz CT molecular complexity index is 777. The number of piperidine rings is 1. The molecule has 4 rings (SSSR count). The monoisotopic (exact) mass is 412 g/mol. The van der Waals surface area contributed by atoms with E-state index in [1.807, 2.05) is 0 Å². The number of nitrogens with one attached hydrogen (secondary N) is 2. The molecule has 1 saturated carbocycles. The molecule has 162 valence electrons. The average Bonchev–Trinajstić information content (AvgIpc) is 3.33. The van der Waals surface area contributed by atoms with E-state index in [0.29, 0.717) is 0 Å². The molecule has 1 aromatic carbocycles. The molecule has 7 nitrogen and oxygen atoms in total. The lowest BCUT2D eigenvalue weighted by molar-refractivity contribution is -0.131. The van der Waals surface area contributed by atoms with Crippen LogP contribution in [0, 0.1) is 6.92 Å². The van der Waals surface area contributed by atoms with Crippen LogP contribution in [-0.2, 0) is 15.0 Å². The molecule has 0 unspecified atom stereocenters. The Labute approximate surface area is 178 Å². The first-order valence-corrected chi connectivity index (χ1v) is 11.1. The van der Waals surface area contributed by atoms with E-state index in [-0.39, 0.29) is 36.4 Å². The van der Waals surface area contributed by atoms with Gasteiger partial charge in [0.05, 0.1) is 6.54 Å². The van der Waals surface area contributed by atoms with Gasteiger partial charge in [0.15, 0.2) is 0 Å². The van der Waals surface area contributed by atoms with Crippen LogP contribution < -0.4 is 10.6 Å². The highest BCUT2D eigenvalue weighted by Crippen LogP contribution is 2.42. The number of urea groups is 1. The first kappa shape index (κ1) is 20.8. The Balaban J connectivity index is 1.28. The summed E-state index contributed by atoms with van der Waals surface area (Å²) in [7, 11) is 0. The molecular formula is C23H32N4O3. The van der Waals surface area contributed by atoms with E-state index in [1.165, 1.54) is 36.8 Å². The normalized spacial score (nSPS) is 22.4. The van der Waals surface area contributed by atoms with Gasteiger partial charge in [-0.05, 0) is 38.2 Å². The number of imide groups is 1. The van der Waals surface area contributed by atoms with Crippen molar-refractivity contribution in [2.45, 2.75) is 56.9 Å². The van der Waals surface area contributed by atoms with Crippen LogP contribution in [0.5, 0.6) is 0 Å². The number of nitrogens with zero attached hydrogens (tertiary/aromatic N) is 2. The molecule has 0 bridgehead atoms. The Morgan fingerprint density at radius 2 is 1.80 bits per heavy atom. The van der Waals surface area contributed by atoms with E-state index >= 15 is 0 Å². The number of aryl methyl sites for hydroxylation is 1. The first-order valence-electron chi connectivity index (χ1n) is 11.1. The third-order valence-corrected chi connectivity index (χ3v) is 6.94. The lowest BCUT2D eigenvalue weighted by Crippen LogP contribution is -2.50. The molecule has 2 heterocycles. The summed E-state index contributed by atoms with van der Waals surface area (Å²) in [6, 6.07) is 8.69. The summed E-state index contributed by atoms with van der Waals surface area (Å²) in [5.41, 5.74) is 3.03. The number of likely N-dealkylation sites (tertiary alicyclic amines) is 1. The molecule has 2 saturated heterocycles. The van der Waals surface area contributed by atoms with Crippen molar-refractivity contribution in [1.82, 2.24) is 20.4 Å². The Morgan fingerprint density at radius 1 is 1.13 bits per heavy atom. The average molecular weight is 413 g/mol. The molecule has 7 heteroatoms. The second-order valence-corrected chi connectivity index (χ2v) is 9.11. The summed E-state index contributed by atoms with van der Waals surface area (Å²) in [5, 5.41) is 5.45. The quantitative estimate of drug-likeness (QED) is 0.700. The van der Waals surface area contributed by atoms with Crippen LogP contribution >= 0.6 is 0 Å². The fraction of sp³-hybridized carbons (Fsp3) is 0.609. The highest BCUT2D eigenvalue weighted by Gasteiger charge is 2.38. The van der Waals surface area contributed by atoms with Gasteiger partial charge in [-0.1, -0.05) is 42.7 Å². The largest absolute Gasteiger partial charge is 0.352 e. The number of benzene rings is 1. The standard InChI is InChI=1S/C23H32N4O3/c1-17-4-6-18(7-5-17)23(10-2-3-11-23)16-26-12-8-19(9-13-26)25-20(28)15-27-21(29)14-24-22(27)30/h4-7,19H,2-3,8-16H2,1H3,(H,24,30)(H,25,28). The van der Waals surface area contributed by atoms with Crippen molar-refractivity contribution >= 4 is 17.8 Å². The van der Waals surface area contributed by atoms with Crippen molar-refractivity contribution in [3.05, 3.63) is 35.4 Å². The van der Waals surface area contributed by atoms with Crippen LogP contribution in [-0.4, -0.2) is 66.4 Å². The number of hydrogen-bond acceptors (Lipinski definition) is 4. The Morgan fingerprint density at radius 3 is 2.40 bits per heavy atom. The molecule has 1 aliphatic carbocycles. The molecule has 0 radical (unpaired) electrons. The predicted molar refractivity (Wildman–Crippen MR) is 114 cm³/mol. The topological polar surface area (TPSA) is 81.8 Å². The molecule has 0 spiro atoms. The Hall–Kier alpha value is -2.41. The van der Waals surface area contributed by atoms with Crippen LogP contribution in [0.25, 0.3) is 0 Å². The molecule has 3 fully saturated rings. The van der Waals surface area contributed by atoms with Gasteiger partial charge in [0.2, 0.25) is 5.91 Å². The molecule has 2 aliphatic heterocycles. The van der Waals surface area contributed by atoms with Crippen molar-refractivity contribution in [3.63, 3.8) is 0 Å². The minimum absolute atomic E-state index is 0.0206. The van der Waals surface area contributed by atoms with Gasteiger partial charge >= 0.3 is 6.03 Å². The van der Waals surface area contributed by atoms with Crippen LogP contribution in [0.3, 0.4) is 0 Å². The SMILES string of the molecule is Cc1ccc(C2(CN3CCC(NC(=O)CN4C(=O)CNC4=O)CC3)CCCC2)cc1. The number of carbonyl (C=O) groups excluding carboxylic acids is 3. The number of hydrogen-bond donors (Lipinski definition) is 2. The van der Waals surface area contributed by atoms with Crippen LogP contribution in [0.2, 0.25) is 0 Å². The zero-order valence-electron chi connectivity index (χ0n) is 17.8. The molecule has 0 aromatic heterocycles. The summed E-state index contributed by atoms with van der Waals surface area (Å²) in [5.74, 6) is -0.603. The zero-order chi connectivity index (χ0) is 21.1. The van der Waals surface area contributed by atoms with Gasteiger partial charge in [0.25, 0.3) is 5.91 Å². The molecule has 2 N–H and O–H groups in total. The van der Waals surface area contributed by atoms with Gasteiger partial charge in [0.1, 0.15) is 6.54 Å². The van der Waals surface area contributed by atoms with Crippen molar-refractivity contribution in [1.29, 1.82) is 0 Å². The minimum Gasteiger partial charge on any atom is -0.352 e. The van der Waals surface area contributed by atoms with Crippen molar-refractivity contribution in [3.8, 4) is 0 Å². The molecule has 4 amide bonds. The smallest absolute Gasteiger partial charge is 0.325 e. The summed E-state index contributed by atoms with van der Waals surface area (Å²) >= 11 is 0. The van der Waals surface area contributed by atoms with E-state index in [4.69, 9.17) is 0 Å². The maximum Gasteiger partial charge on any atom is 0.325 e. The van der Waals surface area contributed by atoms with E-state index < -0.39 is 6.03 Å². The number of carbonyl (C=O) groups is 3. The molecule has 30 heavy (non-hydrogen) atoms. The first-order chi connectivity index (χ1) is 14.4. The Kier molecular flexibility index (Phi) is 6.09. The number of rotatable bonds is 6.